The third-order valence-corrected chi connectivity index (χ3v) is 9.27. The molecule has 5 N–H and O–H groups in total. The molecule has 1 aromatic carbocycles. The number of nitrogens with one attached hydrogen (secondary N) is 1. The van der Waals surface area contributed by atoms with E-state index in [0.29, 0.717) is 11.4 Å². The Morgan fingerprint density at radius 1 is 1.19 bits per heavy atom. The van der Waals surface area contributed by atoms with Crippen molar-refractivity contribution in [1.82, 2.24) is 19.7 Å². The smallest absolute Gasteiger partial charge is 0.459 e. The first-order valence-corrected chi connectivity index (χ1v) is 15.5. The van der Waals surface area contributed by atoms with Crippen LogP contribution in [0.2, 0.25) is 0 Å². The molecule has 230 valence electrons. The van der Waals surface area contributed by atoms with Crippen LogP contribution in [0.1, 0.15) is 58.3 Å². The third kappa shape index (κ3) is 7.47. The molecule has 0 amide bonds. The molecule has 0 spiro atoms. The predicted molar refractivity (Wildman–Crippen MR) is 155 cm³/mol. The number of ether oxygens (including phenoxy) is 2. The number of nitrogens with zero attached hydrogens (tertiary/aromatic N) is 3. The molecule has 4 rings (SSSR count). The van der Waals surface area contributed by atoms with Gasteiger partial charge >= 0.3 is 13.7 Å². The van der Waals surface area contributed by atoms with Crippen LogP contribution in [0, 0.1) is 5.92 Å². The highest BCUT2D eigenvalue weighted by molar-refractivity contribution is 7.52. The SMILES string of the molecule is CO[C@](C)(COP(=O)(N[C@@H](C)C(=O)OC1CCC(C)CC1)Oc1ccccc1)[C@@H](O)[C@@H](O)c1ccc2c(N)ncnn12. The van der Waals surface area contributed by atoms with Crippen LogP contribution in [0.4, 0.5) is 5.82 Å². The molecule has 1 aliphatic carbocycles. The second-order valence-electron chi connectivity index (χ2n) is 11.0. The number of nitrogen functional groups attached to an aromatic ring is 1. The highest BCUT2D eigenvalue weighted by Gasteiger charge is 2.43. The van der Waals surface area contributed by atoms with Crippen molar-refractivity contribution in [1.29, 1.82) is 0 Å². The number of hydrogen-bond donors (Lipinski definition) is 4. The number of anilines is 1. The van der Waals surface area contributed by atoms with Gasteiger partial charge in [0.25, 0.3) is 0 Å². The van der Waals surface area contributed by atoms with E-state index in [1.54, 1.807) is 42.5 Å². The van der Waals surface area contributed by atoms with E-state index in [9.17, 15) is 19.6 Å². The number of hydrogen-bond acceptors (Lipinski definition) is 11. The molecule has 0 bridgehead atoms. The zero-order valence-corrected chi connectivity index (χ0v) is 25.1. The van der Waals surface area contributed by atoms with Crippen LogP contribution in [0.3, 0.4) is 0 Å². The number of aromatic nitrogens is 3. The van der Waals surface area contributed by atoms with E-state index in [1.165, 1.54) is 31.8 Å². The van der Waals surface area contributed by atoms with Crippen molar-refractivity contribution in [2.45, 2.75) is 76.4 Å². The minimum absolute atomic E-state index is 0.201. The molecule has 1 aliphatic rings. The third-order valence-electron chi connectivity index (χ3n) is 7.65. The topological polar surface area (TPSA) is 180 Å². The fraction of sp³-hybridized carbons (Fsp3) is 0.536. The molecule has 13 nitrogen and oxygen atoms in total. The van der Waals surface area contributed by atoms with E-state index in [-0.39, 0.29) is 23.4 Å². The number of nitrogens with two attached hydrogens (primary N) is 1. The van der Waals surface area contributed by atoms with Crippen LogP contribution in [0.25, 0.3) is 5.52 Å². The van der Waals surface area contributed by atoms with Crippen LogP contribution in [-0.2, 0) is 23.4 Å². The maximum atomic E-state index is 14.0. The number of aliphatic hydroxyl groups excluding tert-OH is 2. The van der Waals surface area contributed by atoms with Gasteiger partial charge in [0.15, 0.2) is 5.82 Å². The lowest BCUT2D eigenvalue weighted by atomic mass is 9.89. The normalized spacial score (nSPS) is 22.4. The van der Waals surface area contributed by atoms with Gasteiger partial charge in [-0.15, -0.1) is 0 Å². The molecule has 14 heteroatoms. The van der Waals surface area contributed by atoms with Gasteiger partial charge in [-0.2, -0.15) is 10.2 Å². The van der Waals surface area contributed by atoms with Crippen molar-refractivity contribution >= 4 is 25.1 Å². The molecular weight excluding hydrogens is 565 g/mol. The number of aliphatic hydroxyl groups is 2. The van der Waals surface area contributed by atoms with E-state index in [0.717, 1.165) is 25.7 Å². The summed E-state index contributed by atoms with van der Waals surface area (Å²) in [6, 6.07) is 10.4. The summed E-state index contributed by atoms with van der Waals surface area (Å²) < 4.78 is 38.1. The summed E-state index contributed by atoms with van der Waals surface area (Å²) in [4.78, 5) is 16.8. The van der Waals surface area contributed by atoms with Gasteiger partial charge in [-0.3, -0.25) is 9.32 Å². The van der Waals surface area contributed by atoms with Gasteiger partial charge < -0.3 is 29.9 Å². The van der Waals surface area contributed by atoms with Gasteiger partial charge in [0.05, 0.1) is 12.3 Å². The Bertz CT molecular complexity index is 1380. The predicted octanol–water partition coefficient (Wildman–Crippen LogP) is 3.41. The maximum Gasteiger partial charge on any atom is 0.459 e. The molecule has 0 radical (unpaired) electrons. The summed E-state index contributed by atoms with van der Waals surface area (Å²) in [7, 11) is -2.95. The second-order valence-corrected chi connectivity index (χ2v) is 12.6. The summed E-state index contributed by atoms with van der Waals surface area (Å²) in [6.45, 7) is 4.67. The van der Waals surface area contributed by atoms with E-state index >= 15 is 0 Å². The number of carbonyl (C=O) groups excluding carboxylic acids is 1. The Morgan fingerprint density at radius 2 is 1.88 bits per heavy atom. The largest absolute Gasteiger partial charge is 0.461 e. The molecule has 2 heterocycles. The van der Waals surface area contributed by atoms with Gasteiger partial charge in [0.2, 0.25) is 0 Å². The fourth-order valence-corrected chi connectivity index (χ4v) is 6.37. The zero-order valence-electron chi connectivity index (χ0n) is 24.3. The first-order chi connectivity index (χ1) is 19.9. The highest BCUT2D eigenvalue weighted by atomic mass is 31.2. The molecule has 0 aliphatic heterocycles. The van der Waals surface area contributed by atoms with Crippen molar-refractivity contribution in [3.8, 4) is 5.75 Å². The number of carbonyl (C=O) groups is 1. The average molecular weight is 606 g/mol. The lowest BCUT2D eigenvalue weighted by Crippen LogP contribution is -2.49. The first-order valence-electron chi connectivity index (χ1n) is 13.9. The number of fused-ring (bicyclic) bond motifs is 1. The number of methoxy groups -OCH3 is 1. The van der Waals surface area contributed by atoms with Gasteiger partial charge in [-0.1, -0.05) is 25.1 Å². The van der Waals surface area contributed by atoms with E-state index in [2.05, 4.69) is 22.1 Å². The van der Waals surface area contributed by atoms with Gasteiger partial charge in [-0.25, -0.2) is 14.1 Å². The lowest BCUT2D eigenvalue weighted by Gasteiger charge is -2.36. The average Bonchev–Trinajstić information content (AvgIpc) is 3.42. The summed E-state index contributed by atoms with van der Waals surface area (Å²) >= 11 is 0. The molecule has 1 saturated carbocycles. The molecule has 0 saturated heterocycles. The van der Waals surface area contributed by atoms with Gasteiger partial charge in [0.1, 0.15) is 47.5 Å². The molecule has 1 unspecified atom stereocenters. The van der Waals surface area contributed by atoms with Crippen molar-refractivity contribution < 1.29 is 38.1 Å². The van der Waals surface area contributed by atoms with Gasteiger partial charge in [-0.05, 0) is 69.7 Å². The van der Waals surface area contributed by atoms with Gasteiger partial charge in [0, 0.05) is 7.11 Å². The number of benzene rings is 1. The van der Waals surface area contributed by atoms with E-state index in [4.69, 9.17) is 24.3 Å². The highest BCUT2D eigenvalue weighted by Crippen LogP contribution is 2.46. The minimum atomic E-state index is -4.27. The Kier molecular flexibility index (Phi) is 10.2. The minimum Gasteiger partial charge on any atom is -0.461 e. The summed E-state index contributed by atoms with van der Waals surface area (Å²) in [5.41, 5.74) is 4.97. The first kappa shape index (κ1) is 31.9. The van der Waals surface area contributed by atoms with Crippen LogP contribution in [0.15, 0.2) is 48.8 Å². The van der Waals surface area contributed by atoms with Crippen molar-refractivity contribution in [2.24, 2.45) is 5.92 Å². The van der Waals surface area contributed by atoms with E-state index in [1.807, 2.05) is 0 Å². The zero-order chi connectivity index (χ0) is 30.5. The Balaban J connectivity index is 1.49. The Labute approximate surface area is 244 Å². The summed E-state index contributed by atoms with van der Waals surface area (Å²) in [5.74, 6) is 0.440. The molecule has 1 fully saturated rings. The van der Waals surface area contributed by atoms with Crippen LogP contribution < -0.4 is 15.3 Å². The molecule has 42 heavy (non-hydrogen) atoms. The lowest BCUT2D eigenvalue weighted by molar-refractivity contribution is -0.154. The number of para-hydroxylation sites is 1. The molecule has 3 aromatic rings. The quantitative estimate of drug-likeness (QED) is 0.165. The van der Waals surface area contributed by atoms with Crippen molar-refractivity contribution in [3.63, 3.8) is 0 Å². The molecule has 2 aromatic heterocycles. The monoisotopic (exact) mass is 605 g/mol. The summed E-state index contributed by atoms with van der Waals surface area (Å²) in [6.07, 6.45) is 1.43. The van der Waals surface area contributed by atoms with Crippen molar-refractivity contribution in [2.75, 3.05) is 19.5 Å². The Hall–Kier alpha value is -3.06. The molecule has 5 atom stereocenters. The van der Waals surface area contributed by atoms with Crippen LogP contribution in [-0.4, -0.2) is 68.3 Å². The Morgan fingerprint density at radius 3 is 2.55 bits per heavy atom. The summed E-state index contributed by atoms with van der Waals surface area (Å²) in [5, 5.41) is 29.1. The number of rotatable bonds is 13. The van der Waals surface area contributed by atoms with Crippen molar-refractivity contribution in [3.05, 3.63) is 54.5 Å². The second kappa shape index (κ2) is 13.5. The maximum absolute atomic E-state index is 14.0. The van der Waals surface area contributed by atoms with Crippen LogP contribution in [0.5, 0.6) is 5.75 Å². The number of esters is 1. The van der Waals surface area contributed by atoms with Crippen LogP contribution >= 0.6 is 7.75 Å². The molecular formula is C28H40N5O8P. The standard InChI is InChI=1S/C28H40N5O8P/c1-18-10-12-20(13-11-18)40-27(36)19(2)32-42(37,41-21-8-6-5-7-9-21)39-16-28(3,38-4)25(35)24(34)22-14-15-23-26(29)30-17-31-33(22)23/h5-9,14-15,17-20,24-25,34-35H,10-13,16H2,1-4H3,(H,32,37)(H2,29,30,31)/t18?,19-,20?,24-,25-,28+,42?/m0/s1. The van der Waals surface area contributed by atoms with E-state index < -0.39 is 44.2 Å². The fourth-order valence-electron chi connectivity index (χ4n) is 4.78.